The van der Waals surface area contributed by atoms with Gasteiger partial charge in [-0.25, -0.2) is 0 Å². The Kier molecular flexibility index (Phi) is 4.37. The fourth-order valence-corrected chi connectivity index (χ4v) is 1.55. The first-order valence-electron chi connectivity index (χ1n) is 4.68. The lowest BCUT2D eigenvalue weighted by Crippen LogP contribution is -2.01. The molecule has 0 spiro atoms. The lowest BCUT2D eigenvalue weighted by Gasteiger charge is -2.01. The molecule has 0 saturated carbocycles. The number of ketones is 1. The molecule has 0 bridgehead atoms. The van der Waals surface area contributed by atoms with E-state index >= 15 is 0 Å². The SMILES string of the molecule is CC(C)C(=O)/C=C\c1c(Cl)cccc1Cl. The standard InChI is InChI=1S/C12H12Cl2O/c1-8(2)12(15)7-6-9-10(13)4-3-5-11(9)14/h3-8H,1-2H3/b7-6-. The van der Waals surface area contributed by atoms with E-state index in [1.165, 1.54) is 6.08 Å². The van der Waals surface area contributed by atoms with Crippen molar-refractivity contribution in [1.82, 2.24) is 0 Å². The summed E-state index contributed by atoms with van der Waals surface area (Å²) in [5.41, 5.74) is 0.690. The van der Waals surface area contributed by atoms with Crippen LogP contribution in [-0.4, -0.2) is 5.78 Å². The second-order valence-electron chi connectivity index (χ2n) is 3.53. The minimum Gasteiger partial charge on any atom is -0.295 e. The van der Waals surface area contributed by atoms with E-state index < -0.39 is 0 Å². The van der Waals surface area contributed by atoms with E-state index in [1.54, 1.807) is 24.3 Å². The van der Waals surface area contributed by atoms with E-state index in [1.807, 2.05) is 13.8 Å². The highest BCUT2D eigenvalue weighted by Gasteiger charge is 2.04. The summed E-state index contributed by atoms with van der Waals surface area (Å²) in [6, 6.07) is 5.26. The number of carbonyl (C=O) groups excluding carboxylic acids is 1. The van der Waals surface area contributed by atoms with Gasteiger partial charge < -0.3 is 0 Å². The van der Waals surface area contributed by atoms with E-state index in [0.29, 0.717) is 15.6 Å². The molecule has 0 aromatic heterocycles. The van der Waals surface area contributed by atoms with E-state index in [4.69, 9.17) is 23.2 Å². The van der Waals surface area contributed by atoms with Gasteiger partial charge in [0.1, 0.15) is 0 Å². The van der Waals surface area contributed by atoms with Gasteiger partial charge in [-0.15, -0.1) is 0 Å². The van der Waals surface area contributed by atoms with Crippen LogP contribution >= 0.6 is 23.2 Å². The number of rotatable bonds is 3. The van der Waals surface area contributed by atoms with Gasteiger partial charge in [-0.1, -0.05) is 43.1 Å². The third-order valence-electron chi connectivity index (χ3n) is 1.98. The van der Waals surface area contributed by atoms with E-state index in [9.17, 15) is 4.79 Å². The van der Waals surface area contributed by atoms with Gasteiger partial charge in [-0.05, 0) is 24.3 Å². The molecule has 0 atom stereocenters. The van der Waals surface area contributed by atoms with Crippen molar-refractivity contribution >= 4 is 35.1 Å². The van der Waals surface area contributed by atoms with Gasteiger partial charge in [-0.3, -0.25) is 4.79 Å². The Hall–Kier alpha value is -0.790. The van der Waals surface area contributed by atoms with E-state index in [2.05, 4.69) is 0 Å². The average molecular weight is 243 g/mol. The zero-order valence-electron chi connectivity index (χ0n) is 8.63. The number of halogens is 2. The first-order chi connectivity index (χ1) is 7.02. The molecule has 0 heterocycles. The first kappa shape index (κ1) is 12.3. The predicted octanol–water partition coefficient (Wildman–Crippen LogP) is 4.23. The summed E-state index contributed by atoms with van der Waals surface area (Å²) in [6.45, 7) is 3.70. The normalized spacial score (nSPS) is 11.3. The summed E-state index contributed by atoms with van der Waals surface area (Å²) in [4.78, 5) is 11.4. The van der Waals surface area contributed by atoms with Gasteiger partial charge in [0.05, 0.1) is 0 Å². The average Bonchev–Trinajstić information content (AvgIpc) is 2.16. The van der Waals surface area contributed by atoms with Crippen molar-refractivity contribution in [2.75, 3.05) is 0 Å². The Morgan fingerprint density at radius 2 is 1.80 bits per heavy atom. The smallest absolute Gasteiger partial charge is 0.158 e. The lowest BCUT2D eigenvalue weighted by atomic mass is 10.1. The van der Waals surface area contributed by atoms with Crippen LogP contribution in [0.5, 0.6) is 0 Å². The zero-order valence-corrected chi connectivity index (χ0v) is 10.1. The van der Waals surface area contributed by atoms with Crippen molar-refractivity contribution in [2.45, 2.75) is 13.8 Å². The summed E-state index contributed by atoms with van der Waals surface area (Å²) in [5.74, 6) is 0.0495. The van der Waals surface area contributed by atoms with Gasteiger partial charge in [-0.2, -0.15) is 0 Å². The van der Waals surface area contributed by atoms with Gasteiger partial charge >= 0.3 is 0 Å². The largest absolute Gasteiger partial charge is 0.295 e. The predicted molar refractivity (Wildman–Crippen MR) is 65.3 cm³/mol. The zero-order chi connectivity index (χ0) is 11.4. The minimum atomic E-state index is -0.0116. The van der Waals surface area contributed by atoms with Crippen LogP contribution < -0.4 is 0 Å². The highest BCUT2D eigenvalue weighted by atomic mass is 35.5. The van der Waals surface area contributed by atoms with Gasteiger partial charge in [0, 0.05) is 21.5 Å². The van der Waals surface area contributed by atoms with Crippen LogP contribution in [-0.2, 0) is 4.79 Å². The monoisotopic (exact) mass is 242 g/mol. The van der Waals surface area contributed by atoms with Gasteiger partial charge in [0.15, 0.2) is 5.78 Å². The maximum absolute atomic E-state index is 11.4. The molecule has 0 aliphatic heterocycles. The molecule has 0 fully saturated rings. The molecule has 80 valence electrons. The maximum Gasteiger partial charge on any atom is 0.158 e. The highest BCUT2D eigenvalue weighted by molar-refractivity contribution is 6.37. The fourth-order valence-electron chi connectivity index (χ4n) is 1.03. The lowest BCUT2D eigenvalue weighted by molar-refractivity contribution is -0.117. The first-order valence-corrected chi connectivity index (χ1v) is 5.44. The topological polar surface area (TPSA) is 17.1 Å². The minimum absolute atomic E-state index is 0.0116. The van der Waals surface area contributed by atoms with Crippen LogP contribution in [0.1, 0.15) is 19.4 Å². The Balaban J connectivity index is 2.94. The quantitative estimate of drug-likeness (QED) is 0.726. The molecule has 0 aliphatic carbocycles. The molecule has 0 N–H and O–H groups in total. The van der Waals surface area contributed by atoms with Crippen molar-refractivity contribution in [3.05, 3.63) is 39.9 Å². The van der Waals surface area contributed by atoms with Crippen LogP contribution in [0.15, 0.2) is 24.3 Å². The second-order valence-corrected chi connectivity index (χ2v) is 4.34. The molecule has 0 aliphatic rings. The molecule has 0 radical (unpaired) electrons. The summed E-state index contributed by atoms with van der Waals surface area (Å²) in [5, 5.41) is 1.10. The third-order valence-corrected chi connectivity index (χ3v) is 2.64. The Morgan fingerprint density at radius 1 is 1.27 bits per heavy atom. The molecule has 0 amide bonds. The summed E-state index contributed by atoms with van der Waals surface area (Å²) < 4.78 is 0. The number of allylic oxidation sites excluding steroid dienone is 1. The van der Waals surface area contributed by atoms with Crippen molar-refractivity contribution in [3.8, 4) is 0 Å². The van der Waals surface area contributed by atoms with Crippen molar-refractivity contribution in [3.63, 3.8) is 0 Å². The van der Waals surface area contributed by atoms with E-state index in [-0.39, 0.29) is 11.7 Å². The number of carbonyl (C=O) groups is 1. The van der Waals surface area contributed by atoms with Gasteiger partial charge in [0.25, 0.3) is 0 Å². The third kappa shape index (κ3) is 3.37. The summed E-state index contributed by atoms with van der Waals surface area (Å²) >= 11 is 11.9. The van der Waals surface area contributed by atoms with Gasteiger partial charge in [0.2, 0.25) is 0 Å². The van der Waals surface area contributed by atoms with Crippen LogP contribution in [0.4, 0.5) is 0 Å². The molecular formula is C12H12Cl2O. The maximum atomic E-state index is 11.4. The van der Waals surface area contributed by atoms with Crippen molar-refractivity contribution in [1.29, 1.82) is 0 Å². The number of hydrogen-bond donors (Lipinski definition) is 0. The molecule has 0 unspecified atom stereocenters. The molecule has 1 nitrogen and oxygen atoms in total. The Labute approximate surface area is 99.7 Å². The molecule has 0 saturated heterocycles. The summed E-state index contributed by atoms with van der Waals surface area (Å²) in [6.07, 6.45) is 3.17. The fraction of sp³-hybridized carbons (Fsp3) is 0.250. The highest BCUT2D eigenvalue weighted by Crippen LogP contribution is 2.25. The summed E-state index contributed by atoms with van der Waals surface area (Å²) in [7, 11) is 0. The molecule has 1 aromatic rings. The van der Waals surface area contributed by atoms with Crippen LogP contribution in [0.25, 0.3) is 6.08 Å². The molecule has 1 rings (SSSR count). The molecule has 15 heavy (non-hydrogen) atoms. The molecule has 3 heteroatoms. The second kappa shape index (κ2) is 5.34. The number of hydrogen-bond acceptors (Lipinski definition) is 1. The van der Waals surface area contributed by atoms with Crippen LogP contribution in [0.2, 0.25) is 10.0 Å². The van der Waals surface area contributed by atoms with Crippen molar-refractivity contribution in [2.24, 2.45) is 5.92 Å². The Morgan fingerprint density at radius 3 is 2.27 bits per heavy atom. The molecule has 1 aromatic carbocycles. The number of benzene rings is 1. The Bertz CT molecular complexity index is 374. The van der Waals surface area contributed by atoms with E-state index in [0.717, 1.165) is 0 Å². The van der Waals surface area contributed by atoms with Crippen molar-refractivity contribution < 1.29 is 4.79 Å². The van der Waals surface area contributed by atoms with Crippen LogP contribution in [0, 0.1) is 5.92 Å². The molecular weight excluding hydrogens is 231 g/mol. The van der Waals surface area contributed by atoms with Crippen LogP contribution in [0.3, 0.4) is 0 Å².